The van der Waals surface area contributed by atoms with Crippen LogP contribution in [0.2, 0.25) is 5.02 Å². The lowest BCUT2D eigenvalue weighted by Gasteiger charge is -2.37. The Labute approximate surface area is 260 Å². The summed E-state index contributed by atoms with van der Waals surface area (Å²) in [6.45, 7) is 1.95. The summed E-state index contributed by atoms with van der Waals surface area (Å²) >= 11 is 6.22. The standard InChI is InChI=1S/C35H39ClN4O2S/c1-25-16-22-31(23-17-25)43(41,42)39-35(37-29-11-4-2-5-12-29)40(30-13-6-3-7-14-30)34-32-15-9-8-10-27(32)24-33(38-34)26-18-20-28(36)21-19-26/h8-10,15-24,29-30H,2-7,11-14H2,1H3,(H,37,39). The van der Waals surface area contributed by atoms with Crippen molar-refractivity contribution in [2.45, 2.75) is 88.1 Å². The van der Waals surface area contributed by atoms with Crippen LogP contribution in [0.4, 0.5) is 5.82 Å². The maximum absolute atomic E-state index is 13.9. The molecule has 1 heterocycles. The average molecular weight is 615 g/mol. The molecule has 3 aromatic carbocycles. The lowest BCUT2D eigenvalue weighted by Crippen LogP contribution is -2.51. The van der Waals surface area contributed by atoms with Crippen LogP contribution in [0.3, 0.4) is 0 Å². The van der Waals surface area contributed by atoms with E-state index < -0.39 is 10.0 Å². The second-order valence-electron chi connectivity index (χ2n) is 11.9. The van der Waals surface area contributed by atoms with Crippen LogP contribution in [0, 0.1) is 6.92 Å². The van der Waals surface area contributed by atoms with E-state index in [2.05, 4.69) is 27.8 Å². The van der Waals surface area contributed by atoms with E-state index in [1.54, 1.807) is 12.1 Å². The van der Waals surface area contributed by atoms with Gasteiger partial charge in [0.25, 0.3) is 10.0 Å². The van der Waals surface area contributed by atoms with Crippen LogP contribution in [0.25, 0.3) is 22.0 Å². The van der Waals surface area contributed by atoms with Gasteiger partial charge in [0.2, 0.25) is 5.96 Å². The molecule has 0 aliphatic heterocycles. The number of hydrogen-bond acceptors (Lipinski definition) is 4. The fourth-order valence-corrected chi connectivity index (χ4v) is 7.46. The molecule has 2 aliphatic carbocycles. The second kappa shape index (κ2) is 13.1. The minimum absolute atomic E-state index is 0.0567. The minimum atomic E-state index is -3.90. The van der Waals surface area contributed by atoms with Crippen molar-refractivity contribution in [3.8, 4) is 11.3 Å². The van der Waals surface area contributed by atoms with Crippen LogP contribution in [0.1, 0.15) is 69.8 Å². The number of pyridine rings is 1. The number of aromatic nitrogens is 1. The van der Waals surface area contributed by atoms with E-state index in [9.17, 15) is 8.42 Å². The summed E-state index contributed by atoms with van der Waals surface area (Å²) in [5.74, 6) is 1.11. The summed E-state index contributed by atoms with van der Waals surface area (Å²) in [6.07, 6.45) is 10.5. The lowest BCUT2D eigenvalue weighted by atomic mass is 9.93. The number of nitrogens with zero attached hydrogens (tertiary/aromatic N) is 3. The topological polar surface area (TPSA) is 74.7 Å². The van der Waals surface area contributed by atoms with Crippen LogP contribution in [0.5, 0.6) is 0 Å². The second-order valence-corrected chi connectivity index (χ2v) is 14.0. The van der Waals surface area contributed by atoms with E-state index in [0.29, 0.717) is 11.0 Å². The van der Waals surface area contributed by atoms with Crippen LogP contribution < -0.4 is 9.62 Å². The summed E-state index contributed by atoms with van der Waals surface area (Å²) in [5, 5.41) is 2.68. The van der Waals surface area contributed by atoms with Gasteiger partial charge in [-0.3, -0.25) is 4.90 Å². The first-order chi connectivity index (χ1) is 20.9. The van der Waals surface area contributed by atoms with Crippen LogP contribution in [0.15, 0.2) is 88.8 Å². The van der Waals surface area contributed by atoms with Crippen molar-refractivity contribution < 1.29 is 8.42 Å². The van der Waals surface area contributed by atoms with Crippen LogP contribution in [-0.2, 0) is 10.0 Å². The van der Waals surface area contributed by atoms with Crippen LogP contribution in [-0.4, -0.2) is 31.4 Å². The number of guanidine groups is 1. The first-order valence-corrected chi connectivity index (χ1v) is 17.4. The van der Waals surface area contributed by atoms with Gasteiger partial charge in [0.15, 0.2) is 0 Å². The highest BCUT2D eigenvalue weighted by atomic mass is 35.5. The van der Waals surface area contributed by atoms with Gasteiger partial charge in [-0.25, -0.2) is 23.1 Å². The molecule has 1 aromatic heterocycles. The Hall–Kier alpha value is -3.42. The lowest BCUT2D eigenvalue weighted by molar-refractivity contribution is 0.428. The molecule has 0 atom stereocenters. The maximum atomic E-state index is 13.9. The van der Waals surface area contributed by atoms with E-state index in [4.69, 9.17) is 21.6 Å². The van der Waals surface area contributed by atoms with Crippen molar-refractivity contribution in [3.05, 3.63) is 89.4 Å². The van der Waals surface area contributed by atoms with Gasteiger partial charge in [-0.15, -0.1) is 0 Å². The molecule has 1 N–H and O–H groups in total. The van der Waals surface area contributed by atoms with Gasteiger partial charge in [-0.1, -0.05) is 104 Å². The number of aliphatic imine (C=N–C) groups is 1. The molecular formula is C35H39ClN4O2S. The molecule has 0 bridgehead atoms. The number of rotatable bonds is 6. The first-order valence-electron chi connectivity index (χ1n) is 15.5. The molecule has 4 aromatic rings. The predicted octanol–water partition coefficient (Wildman–Crippen LogP) is 8.67. The van der Waals surface area contributed by atoms with Gasteiger partial charge in [-0.05, 0) is 68.3 Å². The van der Waals surface area contributed by atoms with Crippen molar-refractivity contribution >= 4 is 44.2 Å². The Kier molecular flexibility index (Phi) is 9.01. The van der Waals surface area contributed by atoms with E-state index in [0.717, 1.165) is 84.8 Å². The number of halogens is 1. The zero-order valence-electron chi connectivity index (χ0n) is 24.7. The Bertz CT molecular complexity index is 1690. The molecule has 6 nitrogen and oxygen atoms in total. The van der Waals surface area contributed by atoms with Gasteiger partial charge in [0, 0.05) is 22.0 Å². The van der Waals surface area contributed by atoms with E-state index in [1.165, 1.54) is 12.8 Å². The third-order valence-corrected chi connectivity index (χ3v) is 10.3. The van der Waals surface area contributed by atoms with Crippen molar-refractivity contribution in [2.75, 3.05) is 4.90 Å². The molecule has 6 rings (SSSR count). The average Bonchev–Trinajstić information content (AvgIpc) is 3.02. The fourth-order valence-electron chi connectivity index (χ4n) is 6.34. The minimum Gasteiger partial charge on any atom is -0.293 e. The van der Waals surface area contributed by atoms with Gasteiger partial charge >= 0.3 is 0 Å². The molecule has 43 heavy (non-hydrogen) atoms. The number of nitrogens with one attached hydrogen (secondary N) is 1. The molecule has 0 spiro atoms. The Morgan fingerprint density at radius 3 is 2.21 bits per heavy atom. The highest BCUT2D eigenvalue weighted by molar-refractivity contribution is 7.90. The van der Waals surface area contributed by atoms with E-state index in [1.807, 2.05) is 55.5 Å². The zero-order chi connectivity index (χ0) is 29.8. The molecule has 0 saturated heterocycles. The number of benzene rings is 3. The van der Waals surface area contributed by atoms with Crippen molar-refractivity contribution in [1.29, 1.82) is 0 Å². The van der Waals surface area contributed by atoms with E-state index in [-0.39, 0.29) is 17.0 Å². The normalized spacial score (nSPS) is 17.2. The summed E-state index contributed by atoms with van der Waals surface area (Å²) in [6, 6.07) is 25.1. The summed E-state index contributed by atoms with van der Waals surface area (Å²) in [5.41, 5.74) is 2.77. The van der Waals surface area contributed by atoms with E-state index >= 15 is 0 Å². The van der Waals surface area contributed by atoms with Crippen molar-refractivity contribution in [2.24, 2.45) is 4.99 Å². The van der Waals surface area contributed by atoms with Gasteiger partial charge in [0.05, 0.1) is 16.6 Å². The third kappa shape index (κ3) is 6.89. The summed E-state index contributed by atoms with van der Waals surface area (Å²) in [4.78, 5) is 12.9. The largest absolute Gasteiger partial charge is 0.293 e. The first kappa shape index (κ1) is 29.6. The van der Waals surface area contributed by atoms with Crippen molar-refractivity contribution in [1.82, 2.24) is 9.71 Å². The van der Waals surface area contributed by atoms with Gasteiger partial charge in [0.1, 0.15) is 5.82 Å². The Morgan fingerprint density at radius 2 is 1.51 bits per heavy atom. The number of fused-ring (bicyclic) bond motifs is 1. The summed E-state index contributed by atoms with van der Waals surface area (Å²) < 4.78 is 30.9. The molecule has 2 fully saturated rings. The monoisotopic (exact) mass is 614 g/mol. The maximum Gasteiger partial charge on any atom is 0.264 e. The highest BCUT2D eigenvalue weighted by Crippen LogP contribution is 2.35. The molecule has 8 heteroatoms. The Morgan fingerprint density at radius 1 is 0.860 bits per heavy atom. The zero-order valence-corrected chi connectivity index (χ0v) is 26.2. The molecule has 0 amide bonds. The quantitative estimate of drug-likeness (QED) is 0.174. The smallest absolute Gasteiger partial charge is 0.264 e. The molecule has 0 radical (unpaired) electrons. The number of hydrogen-bond donors (Lipinski definition) is 1. The molecule has 2 saturated carbocycles. The van der Waals surface area contributed by atoms with Crippen molar-refractivity contribution in [3.63, 3.8) is 0 Å². The molecular weight excluding hydrogens is 576 g/mol. The van der Waals surface area contributed by atoms with Gasteiger partial charge in [-0.2, -0.15) is 0 Å². The fraction of sp³-hybridized carbons (Fsp3) is 0.371. The highest BCUT2D eigenvalue weighted by Gasteiger charge is 2.32. The molecule has 224 valence electrons. The van der Waals surface area contributed by atoms with Crippen LogP contribution >= 0.6 is 11.6 Å². The number of anilines is 1. The SMILES string of the molecule is Cc1ccc(S(=O)(=O)NC(=NC2CCCCC2)N(c2nc(-c3ccc(Cl)cc3)cc3ccccc23)C2CCCCC2)cc1. The third-order valence-electron chi connectivity index (χ3n) is 8.69. The van der Waals surface area contributed by atoms with Gasteiger partial charge < -0.3 is 0 Å². The Balaban J connectivity index is 1.54. The predicted molar refractivity (Wildman–Crippen MR) is 177 cm³/mol. The number of aryl methyl sites for hydroxylation is 1. The molecule has 0 unspecified atom stereocenters. The summed E-state index contributed by atoms with van der Waals surface area (Å²) in [7, 11) is -3.90. The molecule has 2 aliphatic rings. The number of sulfonamides is 1.